The first-order valence-electron chi connectivity index (χ1n) is 4.49. The van der Waals surface area contributed by atoms with Crippen LogP contribution >= 0.6 is 0 Å². The fourth-order valence-electron chi connectivity index (χ4n) is 1.37. The van der Waals surface area contributed by atoms with Gasteiger partial charge in [0.1, 0.15) is 5.82 Å². The lowest BCUT2D eigenvalue weighted by Crippen LogP contribution is -2.05. The Bertz CT molecular complexity index is 580. The third kappa shape index (κ3) is 1.68. The largest absolute Gasteiger partial charge is 0.478 e. The predicted molar refractivity (Wildman–Crippen MR) is 57.8 cm³/mol. The van der Waals surface area contributed by atoms with Crippen LogP contribution in [0.2, 0.25) is 0 Å². The van der Waals surface area contributed by atoms with Crippen molar-refractivity contribution >= 4 is 11.8 Å². The number of anilines is 1. The van der Waals surface area contributed by atoms with E-state index in [0.717, 1.165) is 0 Å². The molecule has 6 nitrogen and oxygen atoms in total. The zero-order valence-electron chi connectivity index (χ0n) is 8.18. The second kappa shape index (κ2) is 3.58. The second-order valence-electron chi connectivity index (χ2n) is 3.23. The number of nitrogens with zero attached hydrogens (tertiary/aromatic N) is 1. The summed E-state index contributed by atoms with van der Waals surface area (Å²) in [6.07, 6.45) is 0. The summed E-state index contributed by atoms with van der Waals surface area (Å²) in [6.45, 7) is 0. The maximum Gasteiger partial charge on any atom is 0.335 e. The van der Waals surface area contributed by atoms with E-state index in [2.05, 4.69) is 5.10 Å². The Labute approximate surface area is 89.9 Å². The number of benzene rings is 1. The lowest BCUT2D eigenvalue weighted by atomic mass is 10.2. The van der Waals surface area contributed by atoms with Crippen molar-refractivity contribution in [1.29, 1.82) is 0 Å². The van der Waals surface area contributed by atoms with Crippen LogP contribution in [0.3, 0.4) is 0 Å². The fraction of sp³-hybridized carbons (Fsp3) is 0. The third-order valence-corrected chi connectivity index (χ3v) is 2.13. The topological polar surface area (TPSA) is 101 Å². The molecule has 0 saturated carbocycles. The lowest BCUT2D eigenvalue weighted by Gasteiger charge is -2.04. The molecule has 0 radical (unpaired) electrons. The second-order valence-corrected chi connectivity index (χ2v) is 3.23. The van der Waals surface area contributed by atoms with Gasteiger partial charge in [0.05, 0.1) is 11.3 Å². The van der Waals surface area contributed by atoms with Gasteiger partial charge in [-0.1, -0.05) is 0 Å². The molecule has 2 rings (SSSR count). The van der Waals surface area contributed by atoms with Gasteiger partial charge in [-0.05, 0) is 24.3 Å². The molecule has 0 aliphatic rings. The van der Waals surface area contributed by atoms with Gasteiger partial charge in [0.2, 0.25) is 0 Å². The van der Waals surface area contributed by atoms with Crippen molar-refractivity contribution < 1.29 is 9.90 Å². The van der Waals surface area contributed by atoms with E-state index in [1.54, 1.807) is 12.1 Å². The van der Waals surface area contributed by atoms with E-state index < -0.39 is 5.97 Å². The summed E-state index contributed by atoms with van der Waals surface area (Å²) in [6, 6.07) is 7.27. The quantitative estimate of drug-likeness (QED) is 0.682. The number of carboxylic acids is 1. The molecule has 2 aromatic rings. The molecule has 1 aromatic heterocycles. The van der Waals surface area contributed by atoms with E-state index in [1.807, 2.05) is 0 Å². The molecule has 82 valence electrons. The number of carboxylic acid groups (broad SMARTS) is 1. The molecule has 16 heavy (non-hydrogen) atoms. The number of nitrogen functional groups attached to an aromatic ring is 1. The highest BCUT2D eigenvalue weighted by molar-refractivity contribution is 5.87. The first-order chi connectivity index (χ1) is 7.58. The maximum absolute atomic E-state index is 11.0. The standard InChI is InChI=1S/C10H9N3O3/c11-8-5-9(14)12-13(8)7-3-1-6(2-4-7)10(15)16/h1-5H,11H2,(H,12,14)(H,15,16). The Balaban J connectivity index is 2.46. The van der Waals surface area contributed by atoms with Gasteiger partial charge < -0.3 is 10.8 Å². The van der Waals surface area contributed by atoms with Crippen LogP contribution < -0.4 is 11.3 Å². The van der Waals surface area contributed by atoms with Crippen molar-refractivity contribution in [3.8, 4) is 5.69 Å². The van der Waals surface area contributed by atoms with Crippen LogP contribution in [0.4, 0.5) is 5.82 Å². The van der Waals surface area contributed by atoms with Crippen molar-refractivity contribution in [2.24, 2.45) is 0 Å². The summed E-state index contributed by atoms with van der Waals surface area (Å²) < 4.78 is 1.38. The highest BCUT2D eigenvalue weighted by Gasteiger charge is 2.05. The van der Waals surface area contributed by atoms with E-state index in [9.17, 15) is 9.59 Å². The molecule has 1 aromatic carbocycles. The van der Waals surface area contributed by atoms with E-state index in [-0.39, 0.29) is 16.9 Å². The zero-order chi connectivity index (χ0) is 11.7. The molecule has 4 N–H and O–H groups in total. The van der Waals surface area contributed by atoms with Crippen LogP contribution in [0.15, 0.2) is 35.1 Å². The molecule has 0 bridgehead atoms. The van der Waals surface area contributed by atoms with Gasteiger partial charge in [-0.2, -0.15) is 0 Å². The van der Waals surface area contributed by atoms with E-state index in [0.29, 0.717) is 5.69 Å². The maximum atomic E-state index is 11.0. The summed E-state index contributed by atoms with van der Waals surface area (Å²) in [5, 5.41) is 11.2. The Kier molecular flexibility index (Phi) is 2.24. The molecule has 0 fully saturated rings. The number of H-pyrrole nitrogens is 1. The van der Waals surface area contributed by atoms with Gasteiger partial charge in [-0.25, -0.2) is 9.48 Å². The minimum absolute atomic E-state index is 0.178. The van der Waals surface area contributed by atoms with Gasteiger partial charge in [0.15, 0.2) is 0 Å². The minimum Gasteiger partial charge on any atom is -0.478 e. The van der Waals surface area contributed by atoms with Crippen LogP contribution in [0.1, 0.15) is 10.4 Å². The summed E-state index contributed by atoms with van der Waals surface area (Å²) in [5.74, 6) is -0.728. The Morgan fingerprint density at radius 2 is 1.94 bits per heavy atom. The number of aromatic carboxylic acids is 1. The molecule has 0 saturated heterocycles. The Hall–Kier alpha value is -2.50. The number of nitrogens with two attached hydrogens (primary N) is 1. The highest BCUT2D eigenvalue weighted by Crippen LogP contribution is 2.11. The normalized spacial score (nSPS) is 10.2. The number of aromatic amines is 1. The highest BCUT2D eigenvalue weighted by atomic mass is 16.4. The monoisotopic (exact) mass is 219 g/mol. The molecule has 0 atom stereocenters. The molecule has 6 heteroatoms. The lowest BCUT2D eigenvalue weighted by molar-refractivity contribution is 0.0697. The number of nitrogens with one attached hydrogen (secondary N) is 1. The Morgan fingerprint density at radius 3 is 2.38 bits per heavy atom. The van der Waals surface area contributed by atoms with Crippen molar-refractivity contribution in [2.75, 3.05) is 5.73 Å². The molecule has 0 amide bonds. The van der Waals surface area contributed by atoms with Gasteiger partial charge in [-0.15, -0.1) is 0 Å². The first kappa shape index (κ1) is 10.0. The summed E-state index contributed by atoms with van der Waals surface area (Å²) in [7, 11) is 0. The number of aromatic nitrogens is 2. The molecule has 0 unspecified atom stereocenters. The summed E-state index contributed by atoms with van der Waals surface area (Å²) >= 11 is 0. The average molecular weight is 219 g/mol. The average Bonchev–Trinajstić information content (AvgIpc) is 2.58. The molecule has 0 aliphatic carbocycles. The van der Waals surface area contributed by atoms with Crippen molar-refractivity contribution in [3.05, 3.63) is 46.2 Å². The van der Waals surface area contributed by atoms with Crippen molar-refractivity contribution in [2.45, 2.75) is 0 Å². The van der Waals surface area contributed by atoms with E-state index in [1.165, 1.54) is 22.9 Å². The number of hydrogen-bond acceptors (Lipinski definition) is 3. The van der Waals surface area contributed by atoms with Crippen LogP contribution in [-0.2, 0) is 0 Å². The first-order valence-corrected chi connectivity index (χ1v) is 4.49. The molecule has 0 spiro atoms. The fourth-order valence-corrected chi connectivity index (χ4v) is 1.37. The molecular weight excluding hydrogens is 210 g/mol. The third-order valence-electron chi connectivity index (χ3n) is 2.13. The minimum atomic E-state index is -1.000. The van der Waals surface area contributed by atoms with Crippen molar-refractivity contribution in [3.63, 3.8) is 0 Å². The smallest absolute Gasteiger partial charge is 0.335 e. The van der Waals surface area contributed by atoms with Crippen molar-refractivity contribution in [1.82, 2.24) is 9.78 Å². The van der Waals surface area contributed by atoms with Gasteiger partial charge in [0.25, 0.3) is 5.56 Å². The van der Waals surface area contributed by atoms with Gasteiger partial charge in [-0.3, -0.25) is 9.89 Å². The van der Waals surface area contributed by atoms with Crippen LogP contribution in [0.5, 0.6) is 0 Å². The zero-order valence-corrected chi connectivity index (χ0v) is 8.18. The Morgan fingerprint density at radius 1 is 1.31 bits per heavy atom. The molecule has 1 heterocycles. The van der Waals surface area contributed by atoms with E-state index in [4.69, 9.17) is 10.8 Å². The number of hydrogen-bond donors (Lipinski definition) is 3. The SMILES string of the molecule is Nc1cc(=O)[nH]n1-c1ccc(C(=O)O)cc1. The molecular formula is C10H9N3O3. The van der Waals surface area contributed by atoms with Gasteiger partial charge >= 0.3 is 5.97 Å². The summed E-state index contributed by atoms with van der Waals surface area (Å²) in [4.78, 5) is 21.6. The summed E-state index contributed by atoms with van der Waals surface area (Å²) in [5.41, 5.74) is 6.06. The van der Waals surface area contributed by atoms with Crippen LogP contribution in [-0.4, -0.2) is 20.9 Å². The number of rotatable bonds is 2. The van der Waals surface area contributed by atoms with Crippen LogP contribution in [0, 0.1) is 0 Å². The molecule has 0 aliphatic heterocycles. The number of carbonyl (C=O) groups is 1. The predicted octanol–water partition coefficient (Wildman–Crippen LogP) is 0.446. The van der Waals surface area contributed by atoms with Crippen LogP contribution in [0.25, 0.3) is 5.69 Å². The van der Waals surface area contributed by atoms with Gasteiger partial charge in [0, 0.05) is 6.07 Å². The van der Waals surface area contributed by atoms with E-state index >= 15 is 0 Å².